The summed E-state index contributed by atoms with van der Waals surface area (Å²) < 4.78 is 29.4. The maximum Gasteiger partial charge on any atom is 0.321 e. The fourth-order valence-corrected chi connectivity index (χ4v) is 8.68. The van der Waals surface area contributed by atoms with Crippen LogP contribution < -0.4 is 5.32 Å². The molecule has 3 aromatic rings. The van der Waals surface area contributed by atoms with Crippen LogP contribution >= 0.6 is 11.3 Å². The van der Waals surface area contributed by atoms with Crippen molar-refractivity contribution in [1.82, 2.24) is 24.4 Å². The van der Waals surface area contributed by atoms with Gasteiger partial charge in [-0.3, -0.25) is 4.79 Å². The first-order valence-electron chi connectivity index (χ1n) is 17.3. The fraction of sp³-hybridized carbons (Fsp3) is 0.500. The van der Waals surface area contributed by atoms with Crippen molar-refractivity contribution in [2.75, 3.05) is 26.2 Å². The van der Waals surface area contributed by atoms with Gasteiger partial charge in [-0.2, -0.15) is 4.31 Å². The molecule has 4 atom stereocenters. The van der Waals surface area contributed by atoms with Gasteiger partial charge < -0.3 is 25.4 Å². The Bertz CT molecular complexity index is 1710. The number of oxime groups is 1. The third kappa shape index (κ3) is 9.08. The molecule has 3 amide bonds. The molecular weight excluding hydrogens is 677 g/mol. The average Bonchev–Trinajstić information content (AvgIpc) is 3.66. The number of thiazole rings is 1. The van der Waals surface area contributed by atoms with Crippen molar-refractivity contribution in [3.8, 4) is 0 Å². The van der Waals surface area contributed by atoms with Gasteiger partial charge in [-0.05, 0) is 61.3 Å². The number of carbonyl (C=O) groups is 2. The molecule has 270 valence electrons. The highest BCUT2D eigenvalue weighted by atomic mass is 32.2. The quantitative estimate of drug-likeness (QED) is 0.105. The summed E-state index contributed by atoms with van der Waals surface area (Å²) in [5, 5.41) is 29.7. The number of aryl methyl sites for hydroxylation is 1. The van der Waals surface area contributed by atoms with Crippen molar-refractivity contribution in [1.29, 1.82) is 0 Å². The van der Waals surface area contributed by atoms with Crippen molar-refractivity contribution in [3.05, 3.63) is 81.8 Å². The second-order valence-electron chi connectivity index (χ2n) is 13.4. The lowest BCUT2D eigenvalue weighted by Crippen LogP contribution is -2.57. The molecule has 2 aliphatic rings. The topological polar surface area (TPSA) is 156 Å². The predicted octanol–water partition coefficient (Wildman–Crippen LogP) is 4.49. The Balaban J connectivity index is 1.38. The zero-order valence-corrected chi connectivity index (χ0v) is 30.5. The third-order valence-electron chi connectivity index (χ3n) is 9.83. The minimum absolute atomic E-state index is 0.0597. The molecule has 1 aliphatic carbocycles. The van der Waals surface area contributed by atoms with E-state index in [-0.39, 0.29) is 48.2 Å². The van der Waals surface area contributed by atoms with E-state index in [1.165, 1.54) is 34.0 Å². The number of nitrogens with one attached hydrogen (secondary N) is 1. The second kappa shape index (κ2) is 16.9. The lowest BCUT2D eigenvalue weighted by molar-refractivity contribution is -0.128. The summed E-state index contributed by atoms with van der Waals surface area (Å²) in [7, 11) is -4.03. The molecule has 3 N–H and O–H groups in total. The van der Waals surface area contributed by atoms with E-state index >= 15 is 0 Å². The highest BCUT2D eigenvalue weighted by molar-refractivity contribution is 7.89. The Morgan fingerprint density at radius 1 is 1.16 bits per heavy atom. The number of carbonyl (C=O) groups excluding carboxylic acids is 2. The molecule has 50 heavy (non-hydrogen) atoms. The van der Waals surface area contributed by atoms with Crippen LogP contribution in [-0.2, 0) is 27.8 Å². The molecule has 1 aromatic heterocycles. The van der Waals surface area contributed by atoms with Crippen LogP contribution in [0.15, 0.2) is 70.0 Å². The highest BCUT2D eigenvalue weighted by Crippen LogP contribution is 2.30. The minimum Gasteiger partial charge on any atom is -0.411 e. The molecule has 0 bridgehead atoms. The first kappa shape index (κ1) is 37.4. The highest BCUT2D eigenvalue weighted by Gasteiger charge is 2.41. The first-order valence-corrected chi connectivity index (χ1v) is 19.6. The lowest BCUT2D eigenvalue weighted by Gasteiger charge is -2.36. The smallest absolute Gasteiger partial charge is 0.321 e. The molecule has 2 unspecified atom stereocenters. The van der Waals surface area contributed by atoms with Gasteiger partial charge in [-0.1, -0.05) is 74.3 Å². The van der Waals surface area contributed by atoms with E-state index in [0.717, 1.165) is 35.5 Å². The number of aromatic nitrogens is 1. The van der Waals surface area contributed by atoms with Gasteiger partial charge in [0.1, 0.15) is 6.04 Å². The van der Waals surface area contributed by atoms with Crippen LogP contribution in [0.25, 0.3) is 0 Å². The van der Waals surface area contributed by atoms with Crippen LogP contribution in [0, 0.1) is 18.8 Å². The van der Waals surface area contributed by atoms with E-state index in [4.69, 9.17) is 5.21 Å². The van der Waals surface area contributed by atoms with Crippen molar-refractivity contribution < 1.29 is 28.3 Å². The average molecular weight is 725 g/mol. The summed E-state index contributed by atoms with van der Waals surface area (Å²) >= 11 is 1.53. The predicted molar refractivity (Wildman–Crippen MR) is 193 cm³/mol. The number of aliphatic hydroxyl groups excluding tert-OH is 1. The summed E-state index contributed by atoms with van der Waals surface area (Å²) in [6.07, 6.45) is 3.69. The van der Waals surface area contributed by atoms with Crippen LogP contribution in [0.3, 0.4) is 0 Å². The number of nitrogens with zero attached hydrogens (tertiary/aromatic N) is 5. The molecular formula is C36H48N6O6S2. The van der Waals surface area contributed by atoms with Gasteiger partial charge in [0.15, 0.2) is 0 Å². The largest absolute Gasteiger partial charge is 0.411 e. The summed E-state index contributed by atoms with van der Waals surface area (Å²) in [6, 6.07) is 13.6. The van der Waals surface area contributed by atoms with Gasteiger partial charge in [-0.25, -0.2) is 18.2 Å². The molecule has 12 nitrogen and oxygen atoms in total. The summed E-state index contributed by atoms with van der Waals surface area (Å²) in [4.78, 5) is 35.8. The molecule has 2 heterocycles. The molecule has 14 heteroatoms. The van der Waals surface area contributed by atoms with Crippen molar-refractivity contribution >= 4 is 39.5 Å². The zero-order chi connectivity index (χ0) is 35.8. The van der Waals surface area contributed by atoms with Crippen molar-refractivity contribution in [2.45, 2.75) is 82.5 Å². The number of hydrogen-bond donors (Lipinski definition) is 3. The number of benzene rings is 2. The Morgan fingerprint density at radius 2 is 1.88 bits per heavy atom. The molecule has 0 radical (unpaired) electrons. The van der Waals surface area contributed by atoms with Crippen molar-refractivity contribution in [3.63, 3.8) is 0 Å². The van der Waals surface area contributed by atoms with Crippen LogP contribution in [0.1, 0.15) is 61.4 Å². The second-order valence-corrected chi connectivity index (χ2v) is 16.4. The molecule has 0 spiro atoms. The van der Waals surface area contributed by atoms with Gasteiger partial charge in [0, 0.05) is 31.6 Å². The Morgan fingerprint density at radius 3 is 2.48 bits per heavy atom. The van der Waals surface area contributed by atoms with Gasteiger partial charge in [0.2, 0.25) is 15.9 Å². The first-order chi connectivity index (χ1) is 24.0. The maximum atomic E-state index is 14.3. The summed E-state index contributed by atoms with van der Waals surface area (Å²) in [6.45, 7) is 7.07. The monoisotopic (exact) mass is 724 g/mol. The molecule has 1 saturated carbocycles. The third-order valence-corrected chi connectivity index (χ3v) is 12.5. The molecule has 5 rings (SSSR count). The van der Waals surface area contributed by atoms with E-state index in [2.05, 4.69) is 15.5 Å². The van der Waals surface area contributed by atoms with Crippen molar-refractivity contribution in [2.24, 2.45) is 17.0 Å². The number of urea groups is 1. The lowest BCUT2D eigenvalue weighted by atomic mass is 9.85. The van der Waals surface area contributed by atoms with E-state index in [0.29, 0.717) is 31.6 Å². The maximum absolute atomic E-state index is 14.3. The van der Waals surface area contributed by atoms with Gasteiger partial charge in [0.05, 0.1) is 40.5 Å². The number of amides is 3. The van der Waals surface area contributed by atoms with E-state index in [9.17, 15) is 23.1 Å². The number of rotatable bonds is 17. The van der Waals surface area contributed by atoms with E-state index in [1.54, 1.807) is 21.9 Å². The molecule has 1 aliphatic heterocycles. The number of aliphatic hydroxyl groups is 1. The Hall–Kier alpha value is -3.85. The zero-order valence-electron chi connectivity index (χ0n) is 28.9. The van der Waals surface area contributed by atoms with E-state index in [1.807, 2.05) is 56.5 Å². The fourth-order valence-electron chi connectivity index (χ4n) is 6.54. The summed E-state index contributed by atoms with van der Waals surface area (Å²) in [5.41, 5.74) is 2.22. The Kier molecular flexibility index (Phi) is 12.6. The van der Waals surface area contributed by atoms with E-state index < -0.39 is 28.2 Å². The molecule has 2 aromatic carbocycles. The molecule has 1 saturated heterocycles. The number of hydrogen-bond acceptors (Lipinski definition) is 9. The van der Waals surface area contributed by atoms with Gasteiger partial charge in [0.25, 0.3) is 0 Å². The van der Waals surface area contributed by atoms with Crippen LogP contribution in [-0.4, -0.2) is 100 Å². The van der Waals surface area contributed by atoms with Crippen LogP contribution in [0.2, 0.25) is 0 Å². The minimum atomic E-state index is -4.03. The normalized spacial score (nSPS) is 18.0. The SMILES string of the molecule is CCC(C)C(C(=O)N[C@@H](Cc1ccccc1)[C@H](O)CN(CC1CCC1)S(=O)(=O)c1ccc(/C=N/O)cc1)N1CCN(Cc2csc(C)n2)C1=O. The van der Waals surface area contributed by atoms with Gasteiger partial charge >= 0.3 is 6.03 Å². The number of sulfonamides is 1. The Labute approximate surface area is 298 Å². The standard InChI is InChI=1S/C36H48N6O6S2/c1-4-25(2)34(42-18-17-40(36(42)45)22-30-24-49-26(3)38-30)35(44)39-32(19-27-9-6-5-7-10-27)33(43)23-41(21-29-11-8-12-29)50(47,48)31-15-13-28(14-16-31)20-37-46/h5-7,9-10,13-16,20,24-25,29,32-34,43,46H,4,8,11-12,17-19,21-23H2,1-3H3,(H,39,44)/b37-20+/t25?,32-,33+,34?/m0/s1. The molecule has 2 fully saturated rings. The van der Waals surface area contributed by atoms with Crippen LogP contribution in [0.4, 0.5) is 4.79 Å². The summed E-state index contributed by atoms with van der Waals surface area (Å²) in [5.74, 6) is -0.384. The van der Waals surface area contributed by atoms with Crippen LogP contribution in [0.5, 0.6) is 0 Å². The van der Waals surface area contributed by atoms with Gasteiger partial charge in [-0.15, -0.1) is 11.3 Å².